The first-order chi connectivity index (χ1) is 10.3. The van der Waals surface area contributed by atoms with Crippen molar-refractivity contribution in [2.45, 2.75) is 32.4 Å². The monoisotopic (exact) mass is 375 g/mol. The summed E-state index contributed by atoms with van der Waals surface area (Å²) in [6.07, 6.45) is -6.08. The van der Waals surface area contributed by atoms with Crippen LogP contribution in [0.4, 0.5) is 13.2 Å². The lowest BCUT2D eigenvalue weighted by Crippen LogP contribution is -2.12. The molecular weight excluding hydrogens is 363 g/mol. The molecule has 22 heavy (non-hydrogen) atoms. The molecule has 0 aliphatic heterocycles. The first-order valence-corrected chi connectivity index (χ1v) is 7.35. The van der Waals surface area contributed by atoms with E-state index in [0.29, 0.717) is 17.0 Å². The van der Waals surface area contributed by atoms with E-state index in [-0.39, 0.29) is 6.42 Å². The SMILES string of the molecule is Cc1noc(-c2ccc(Br)cc2)c1CC(=O)CCC(F)(F)F. The molecule has 2 rings (SSSR count). The molecule has 0 bridgehead atoms. The Bertz CT molecular complexity index is 662. The van der Waals surface area contributed by atoms with Crippen molar-refractivity contribution < 1.29 is 22.5 Å². The van der Waals surface area contributed by atoms with Crippen molar-refractivity contribution in [3.05, 3.63) is 40.0 Å². The van der Waals surface area contributed by atoms with Gasteiger partial charge >= 0.3 is 6.18 Å². The topological polar surface area (TPSA) is 43.1 Å². The number of carbonyl (C=O) groups is 1. The lowest BCUT2D eigenvalue weighted by atomic mass is 10.0. The van der Waals surface area contributed by atoms with Crippen molar-refractivity contribution in [2.75, 3.05) is 0 Å². The van der Waals surface area contributed by atoms with Gasteiger partial charge in [0.15, 0.2) is 5.76 Å². The van der Waals surface area contributed by atoms with Gasteiger partial charge in [0, 0.05) is 28.4 Å². The van der Waals surface area contributed by atoms with Gasteiger partial charge in [-0.1, -0.05) is 33.2 Å². The van der Waals surface area contributed by atoms with Gasteiger partial charge in [-0.05, 0) is 19.1 Å². The van der Waals surface area contributed by atoms with Crippen LogP contribution in [0.1, 0.15) is 24.1 Å². The highest BCUT2D eigenvalue weighted by atomic mass is 79.9. The second-order valence-electron chi connectivity index (χ2n) is 4.91. The number of ketones is 1. The first-order valence-electron chi connectivity index (χ1n) is 6.56. The number of alkyl halides is 3. The number of carbonyl (C=O) groups excluding carboxylic acids is 1. The summed E-state index contributed by atoms with van der Waals surface area (Å²) in [5.74, 6) is -0.0626. The van der Waals surface area contributed by atoms with Crippen molar-refractivity contribution in [3.8, 4) is 11.3 Å². The normalized spacial score (nSPS) is 11.7. The maximum atomic E-state index is 12.2. The van der Waals surface area contributed by atoms with Gasteiger partial charge in [-0.25, -0.2) is 0 Å². The molecule has 0 saturated carbocycles. The van der Waals surface area contributed by atoms with Crippen molar-refractivity contribution in [1.29, 1.82) is 0 Å². The fourth-order valence-electron chi connectivity index (χ4n) is 1.99. The van der Waals surface area contributed by atoms with E-state index >= 15 is 0 Å². The molecule has 1 heterocycles. The Hall–Kier alpha value is -1.63. The second kappa shape index (κ2) is 6.64. The molecule has 0 fully saturated rings. The van der Waals surface area contributed by atoms with Gasteiger partial charge in [0.05, 0.1) is 12.1 Å². The van der Waals surface area contributed by atoms with Crippen molar-refractivity contribution in [3.63, 3.8) is 0 Å². The molecule has 0 unspecified atom stereocenters. The van der Waals surface area contributed by atoms with Crippen LogP contribution in [0.15, 0.2) is 33.3 Å². The van der Waals surface area contributed by atoms with E-state index < -0.39 is 24.8 Å². The Labute approximate surface area is 133 Å². The number of hydrogen-bond donors (Lipinski definition) is 0. The number of Topliss-reactive ketones (excluding diaryl/α,β-unsaturated/α-hetero) is 1. The lowest BCUT2D eigenvalue weighted by Gasteiger charge is -2.06. The maximum Gasteiger partial charge on any atom is 0.389 e. The summed E-state index contributed by atoms with van der Waals surface area (Å²) in [5, 5.41) is 3.82. The zero-order chi connectivity index (χ0) is 16.3. The minimum Gasteiger partial charge on any atom is -0.356 e. The van der Waals surface area contributed by atoms with E-state index in [0.717, 1.165) is 10.0 Å². The third-order valence-electron chi connectivity index (χ3n) is 3.15. The minimum atomic E-state index is -4.33. The molecule has 0 radical (unpaired) electrons. The third-order valence-corrected chi connectivity index (χ3v) is 3.68. The quantitative estimate of drug-likeness (QED) is 0.748. The highest BCUT2D eigenvalue weighted by Crippen LogP contribution is 2.29. The van der Waals surface area contributed by atoms with Crippen LogP contribution in [0.3, 0.4) is 0 Å². The molecule has 0 aliphatic rings. The smallest absolute Gasteiger partial charge is 0.356 e. The molecule has 3 nitrogen and oxygen atoms in total. The summed E-state index contributed by atoms with van der Waals surface area (Å²) < 4.78 is 42.6. The number of halogens is 4. The summed E-state index contributed by atoms with van der Waals surface area (Å²) in [7, 11) is 0. The summed E-state index contributed by atoms with van der Waals surface area (Å²) in [6, 6.07) is 7.19. The van der Waals surface area contributed by atoms with Gasteiger partial charge in [-0.15, -0.1) is 0 Å². The zero-order valence-electron chi connectivity index (χ0n) is 11.7. The number of hydrogen-bond acceptors (Lipinski definition) is 3. The number of aromatic nitrogens is 1. The number of nitrogens with zero attached hydrogens (tertiary/aromatic N) is 1. The number of rotatable bonds is 5. The second-order valence-corrected chi connectivity index (χ2v) is 5.83. The first kappa shape index (κ1) is 16.7. The van der Waals surface area contributed by atoms with Crippen molar-refractivity contribution in [1.82, 2.24) is 5.16 Å². The van der Waals surface area contributed by atoms with Crippen LogP contribution in [0.25, 0.3) is 11.3 Å². The molecule has 7 heteroatoms. The fraction of sp³-hybridized carbons (Fsp3) is 0.333. The average Bonchev–Trinajstić information content (AvgIpc) is 2.78. The van der Waals surface area contributed by atoms with Crippen LogP contribution in [-0.4, -0.2) is 17.1 Å². The number of benzene rings is 1. The van der Waals surface area contributed by atoms with Crippen LogP contribution >= 0.6 is 15.9 Å². The molecule has 0 N–H and O–H groups in total. The van der Waals surface area contributed by atoms with Crippen LogP contribution < -0.4 is 0 Å². The highest BCUT2D eigenvalue weighted by Gasteiger charge is 2.28. The van der Waals surface area contributed by atoms with E-state index in [1.165, 1.54) is 0 Å². The molecule has 0 amide bonds. The van der Waals surface area contributed by atoms with Crippen LogP contribution in [-0.2, 0) is 11.2 Å². The molecule has 0 aliphatic carbocycles. The lowest BCUT2D eigenvalue weighted by molar-refractivity contribution is -0.143. The third kappa shape index (κ3) is 4.43. The van der Waals surface area contributed by atoms with Crippen molar-refractivity contribution >= 4 is 21.7 Å². The van der Waals surface area contributed by atoms with E-state index in [4.69, 9.17) is 4.52 Å². The molecule has 0 saturated heterocycles. The molecule has 118 valence electrons. The van der Waals surface area contributed by atoms with Gasteiger partial charge in [-0.3, -0.25) is 4.79 Å². The Balaban J connectivity index is 2.16. The Morgan fingerprint density at radius 2 is 1.91 bits per heavy atom. The van der Waals surface area contributed by atoms with Crippen LogP contribution in [0.5, 0.6) is 0 Å². The van der Waals surface area contributed by atoms with Gasteiger partial charge in [-0.2, -0.15) is 13.2 Å². The molecule has 0 atom stereocenters. The predicted molar refractivity (Wildman–Crippen MR) is 78.4 cm³/mol. The van der Waals surface area contributed by atoms with E-state index in [1.807, 2.05) is 12.1 Å². The zero-order valence-corrected chi connectivity index (χ0v) is 13.3. The average molecular weight is 376 g/mol. The van der Waals surface area contributed by atoms with E-state index in [9.17, 15) is 18.0 Å². The Morgan fingerprint density at radius 1 is 1.27 bits per heavy atom. The molecular formula is C15H13BrF3NO2. The maximum absolute atomic E-state index is 12.2. The molecule has 1 aromatic heterocycles. The molecule has 0 spiro atoms. The standard InChI is InChI=1S/C15H13BrF3NO2/c1-9-13(8-12(21)6-7-15(17,18)19)14(22-20-9)10-2-4-11(16)5-3-10/h2-5H,6-8H2,1H3. The Kier molecular flexibility index (Phi) is 5.05. The summed E-state index contributed by atoms with van der Waals surface area (Å²) in [6.45, 7) is 1.66. The van der Waals surface area contributed by atoms with Gasteiger partial charge in [0.2, 0.25) is 0 Å². The summed E-state index contributed by atoms with van der Waals surface area (Å²) >= 11 is 3.31. The van der Waals surface area contributed by atoms with Crippen molar-refractivity contribution in [2.24, 2.45) is 0 Å². The Morgan fingerprint density at radius 3 is 2.50 bits per heavy atom. The fourth-order valence-corrected chi connectivity index (χ4v) is 2.26. The minimum absolute atomic E-state index is 0.114. The van der Waals surface area contributed by atoms with Gasteiger partial charge in [0.25, 0.3) is 0 Å². The predicted octanol–water partition coefficient (Wildman–Crippen LogP) is 4.87. The van der Waals surface area contributed by atoms with Gasteiger partial charge in [0.1, 0.15) is 5.78 Å². The van der Waals surface area contributed by atoms with E-state index in [1.54, 1.807) is 19.1 Å². The van der Waals surface area contributed by atoms with E-state index in [2.05, 4.69) is 21.1 Å². The summed E-state index contributed by atoms with van der Waals surface area (Å²) in [5.41, 5.74) is 1.77. The number of aryl methyl sites for hydroxylation is 1. The van der Waals surface area contributed by atoms with Crippen LogP contribution in [0.2, 0.25) is 0 Å². The summed E-state index contributed by atoms with van der Waals surface area (Å²) in [4.78, 5) is 11.8. The molecule has 2 aromatic rings. The highest BCUT2D eigenvalue weighted by molar-refractivity contribution is 9.10. The molecule has 1 aromatic carbocycles. The largest absolute Gasteiger partial charge is 0.389 e. The van der Waals surface area contributed by atoms with Gasteiger partial charge < -0.3 is 4.52 Å². The van der Waals surface area contributed by atoms with Crippen LogP contribution in [0, 0.1) is 6.92 Å².